The number of anilines is 1. The number of nitrogens with one attached hydrogen (secondary N) is 1. The topological polar surface area (TPSA) is 84.6 Å². The fraction of sp³-hybridized carbons (Fsp3) is 0.280. The molecule has 3 aromatic rings. The number of benzene rings is 2. The molecule has 1 aliphatic heterocycles. The molecule has 158 valence electrons. The maximum atomic E-state index is 13.5. The first-order chi connectivity index (χ1) is 15.0. The second-order valence-corrected chi connectivity index (χ2v) is 8.28. The van der Waals surface area contributed by atoms with Crippen molar-refractivity contribution >= 4 is 11.7 Å². The van der Waals surface area contributed by atoms with Gasteiger partial charge in [0.1, 0.15) is 0 Å². The van der Waals surface area contributed by atoms with E-state index in [-0.39, 0.29) is 23.4 Å². The Bertz CT molecular complexity index is 1220. The summed E-state index contributed by atoms with van der Waals surface area (Å²) in [4.78, 5) is 13.5. The van der Waals surface area contributed by atoms with E-state index in [4.69, 9.17) is 9.26 Å². The van der Waals surface area contributed by atoms with E-state index in [1.54, 1.807) is 6.07 Å². The molecular formula is C25H24N2O4. The lowest BCUT2D eigenvalue weighted by atomic mass is 9.71. The molecule has 0 unspecified atom stereocenters. The minimum absolute atomic E-state index is 0.0173. The summed E-state index contributed by atoms with van der Waals surface area (Å²) < 4.78 is 10.9. The van der Waals surface area contributed by atoms with Gasteiger partial charge in [-0.3, -0.25) is 4.79 Å². The number of phenols is 1. The van der Waals surface area contributed by atoms with Crippen molar-refractivity contribution in [2.24, 2.45) is 0 Å². The molecule has 0 bridgehead atoms. The molecule has 2 aliphatic rings. The molecule has 0 radical (unpaired) electrons. The van der Waals surface area contributed by atoms with Crippen LogP contribution in [-0.2, 0) is 4.79 Å². The van der Waals surface area contributed by atoms with E-state index in [0.29, 0.717) is 24.5 Å². The molecule has 0 spiro atoms. The van der Waals surface area contributed by atoms with Gasteiger partial charge in [-0.15, -0.1) is 0 Å². The van der Waals surface area contributed by atoms with Crippen LogP contribution in [-0.4, -0.2) is 23.2 Å². The standard InChI is InChI=1S/C25H24N2O4/c1-13-6-4-5-7-17(13)23-22-14(2)27-31-25(22)26-18-10-16(11-20(29)24(18)23)15-8-9-19(28)21(12-15)30-3/h4-9,12,16,23,26,28H,10-11H2,1-3H3/t16-,23+/m0/s1. The molecule has 0 fully saturated rings. The lowest BCUT2D eigenvalue weighted by Crippen LogP contribution is -2.29. The zero-order valence-corrected chi connectivity index (χ0v) is 17.7. The highest BCUT2D eigenvalue weighted by Crippen LogP contribution is 2.49. The molecule has 6 nitrogen and oxygen atoms in total. The van der Waals surface area contributed by atoms with E-state index in [1.165, 1.54) is 7.11 Å². The Balaban J connectivity index is 1.61. The van der Waals surface area contributed by atoms with Crippen molar-refractivity contribution in [2.75, 3.05) is 12.4 Å². The number of ketones is 1. The van der Waals surface area contributed by atoms with Gasteiger partial charge in [0.15, 0.2) is 17.3 Å². The molecule has 6 heteroatoms. The number of aryl methyl sites for hydroxylation is 2. The Labute approximate surface area is 180 Å². The number of carbonyl (C=O) groups excluding carboxylic acids is 1. The van der Waals surface area contributed by atoms with Gasteiger partial charge in [0.05, 0.1) is 18.4 Å². The third kappa shape index (κ3) is 3.10. The zero-order chi connectivity index (χ0) is 21.7. The minimum Gasteiger partial charge on any atom is -0.504 e. The number of aromatic nitrogens is 1. The molecule has 0 saturated carbocycles. The van der Waals surface area contributed by atoms with E-state index in [0.717, 1.165) is 39.2 Å². The van der Waals surface area contributed by atoms with Gasteiger partial charge in [-0.2, -0.15) is 0 Å². The minimum atomic E-state index is -0.193. The summed E-state index contributed by atoms with van der Waals surface area (Å²) in [5, 5.41) is 17.5. The molecule has 2 aromatic carbocycles. The Kier molecular flexibility index (Phi) is 4.58. The SMILES string of the molecule is COc1cc([C@@H]2CC(=O)C3=C(C2)Nc2onc(C)c2[C@H]3c2ccccc2C)ccc1O. The van der Waals surface area contributed by atoms with Crippen LogP contribution in [0.25, 0.3) is 0 Å². The van der Waals surface area contributed by atoms with E-state index >= 15 is 0 Å². The summed E-state index contributed by atoms with van der Waals surface area (Å²) in [6, 6.07) is 13.4. The van der Waals surface area contributed by atoms with Gasteiger partial charge in [-0.25, -0.2) is 0 Å². The molecule has 2 N–H and O–H groups in total. The number of allylic oxidation sites excluding steroid dienone is 2. The Hall–Kier alpha value is -3.54. The smallest absolute Gasteiger partial charge is 0.233 e. The number of rotatable bonds is 3. The van der Waals surface area contributed by atoms with Crippen LogP contribution in [0, 0.1) is 13.8 Å². The van der Waals surface area contributed by atoms with Crippen molar-refractivity contribution in [1.29, 1.82) is 0 Å². The molecule has 1 aromatic heterocycles. The number of methoxy groups -OCH3 is 1. The fourth-order valence-electron chi connectivity index (χ4n) is 4.88. The van der Waals surface area contributed by atoms with Crippen LogP contribution in [0.5, 0.6) is 11.5 Å². The summed E-state index contributed by atoms with van der Waals surface area (Å²) in [5.74, 6) is 1.02. The van der Waals surface area contributed by atoms with Crippen molar-refractivity contribution in [1.82, 2.24) is 5.16 Å². The molecule has 31 heavy (non-hydrogen) atoms. The maximum absolute atomic E-state index is 13.5. The van der Waals surface area contributed by atoms with Crippen LogP contribution >= 0.6 is 0 Å². The second-order valence-electron chi connectivity index (χ2n) is 8.28. The number of Topliss-reactive ketones (excluding diaryl/α,β-unsaturated/α-hetero) is 1. The summed E-state index contributed by atoms with van der Waals surface area (Å²) >= 11 is 0. The van der Waals surface area contributed by atoms with E-state index in [9.17, 15) is 9.90 Å². The van der Waals surface area contributed by atoms with Crippen molar-refractivity contribution < 1.29 is 19.2 Å². The fourth-order valence-corrected chi connectivity index (χ4v) is 4.88. The zero-order valence-electron chi connectivity index (χ0n) is 17.7. The van der Waals surface area contributed by atoms with Crippen LogP contribution in [0.2, 0.25) is 0 Å². The molecular weight excluding hydrogens is 392 g/mol. The van der Waals surface area contributed by atoms with Crippen molar-refractivity contribution in [2.45, 2.75) is 38.5 Å². The molecule has 2 heterocycles. The van der Waals surface area contributed by atoms with Crippen LogP contribution in [0.15, 0.2) is 58.3 Å². The number of fused-ring (bicyclic) bond motifs is 1. The normalized spacial score (nSPS) is 20.2. The van der Waals surface area contributed by atoms with Gasteiger partial charge >= 0.3 is 0 Å². The van der Waals surface area contributed by atoms with Gasteiger partial charge in [0.2, 0.25) is 5.88 Å². The monoisotopic (exact) mass is 416 g/mol. The number of carbonyl (C=O) groups is 1. The molecule has 1 aliphatic carbocycles. The summed E-state index contributed by atoms with van der Waals surface area (Å²) in [6.07, 6.45) is 1.06. The Morgan fingerprint density at radius 3 is 2.74 bits per heavy atom. The first-order valence-electron chi connectivity index (χ1n) is 10.4. The highest BCUT2D eigenvalue weighted by Gasteiger charge is 2.41. The van der Waals surface area contributed by atoms with Gasteiger partial charge in [0, 0.05) is 23.6 Å². The molecule has 5 rings (SSSR count). The number of hydrogen-bond acceptors (Lipinski definition) is 6. The van der Waals surface area contributed by atoms with Crippen molar-refractivity contribution in [3.05, 3.63) is 81.7 Å². The van der Waals surface area contributed by atoms with Gasteiger partial charge in [-0.05, 0) is 55.0 Å². The highest BCUT2D eigenvalue weighted by molar-refractivity contribution is 6.01. The van der Waals surface area contributed by atoms with Crippen LogP contribution in [0.3, 0.4) is 0 Å². The number of hydrogen-bond donors (Lipinski definition) is 2. The second kappa shape index (κ2) is 7.30. The quantitative estimate of drug-likeness (QED) is 0.628. The van der Waals surface area contributed by atoms with Crippen LogP contribution < -0.4 is 10.1 Å². The Morgan fingerprint density at radius 2 is 1.97 bits per heavy atom. The summed E-state index contributed by atoms with van der Waals surface area (Å²) in [5.41, 5.74) is 6.60. The van der Waals surface area contributed by atoms with Gasteiger partial charge < -0.3 is 19.7 Å². The Morgan fingerprint density at radius 1 is 1.16 bits per heavy atom. The van der Waals surface area contributed by atoms with E-state index < -0.39 is 0 Å². The lowest BCUT2D eigenvalue weighted by molar-refractivity contribution is -0.116. The summed E-state index contributed by atoms with van der Waals surface area (Å²) in [7, 11) is 1.52. The van der Waals surface area contributed by atoms with Crippen molar-refractivity contribution in [3.63, 3.8) is 0 Å². The largest absolute Gasteiger partial charge is 0.504 e. The lowest BCUT2D eigenvalue weighted by Gasteiger charge is -2.35. The summed E-state index contributed by atoms with van der Waals surface area (Å²) in [6.45, 7) is 3.98. The van der Waals surface area contributed by atoms with Crippen LogP contribution in [0.1, 0.15) is 52.6 Å². The average Bonchev–Trinajstić information content (AvgIpc) is 3.13. The third-order valence-electron chi connectivity index (χ3n) is 6.43. The highest BCUT2D eigenvalue weighted by atomic mass is 16.5. The first kappa shape index (κ1) is 19.4. The van der Waals surface area contributed by atoms with Crippen molar-refractivity contribution in [3.8, 4) is 11.5 Å². The van der Waals surface area contributed by atoms with E-state index in [1.807, 2.05) is 31.2 Å². The number of ether oxygens (including phenoxy) is 1. The van der Waals surface area contributed by atoms with Crippen LogP contribution in [0.4, 0.5) is 5.88 Å². The first-order valence-corrected chi connectivity index (χ1v) is 10.4. The van der Waals surface area contributed by atoms with Gasteiger partial charge in [-0.1, -0.05) is 35.5 Å². The molecule has 0 saturated heterocycles. The predicted molar refractivity (Wildman–Crippen MR) is 117 cm³/mol. The predicted octanol–water partition coefficient (Wildman–Crippen LogP) is 4.96. The van der Waals surface area contributed by atoms with E-state index in [2.05, 4.69) is 29.5 Å². The number of aromatic hydroxyl groups is 1. The molecule has 0 amide bonds. The van der Waals surface area contributed by atoms with Gasteiger partial charge in [0.25, 0.3) is 0 Å². The maximum Gasteiger partial charge on any atom is 0.233 e. The third-order valence-corrected chi connectivity index (χ3v) is 6.43. The number of nitrogens with zero attached hydrogens (tertiary/aromatic N) is 1. The molecule has 2 atom stereocenters. The average molecular weight is 416 g/mol. The number of phenolic OH excluding ortho intramolecular Hbond substituents is 1.